The number of fused-ring (bicyclic) bond motifs is 1. The van der Waals surface area contributed by atoms with Crippen molar-refractivity contribution >= 4 is 11.5 Å². The standard InChI is InChI=1S/C10H13N5/c1-2-9-12-13-10-6-5-8(14-15(9)10)11-7-3-4-7/h5-7H,2-4H2,1H3,(H,11,14). The quantitative estimate of drug-likeness (QED) is 0.816. The van der Waals surface area contributed by atoms with Crippen LogP contribution in [0, 0.1) is 0 Å². The molecule has 0 amide bonds. The van der Waals surface area contributed by atoms with Crippen LogP contribution in [-0.4, -0.2) is 25.9 Å². The molecule has 1 fully saturated rings. The Hall–Kier alpha value is -1.65. The third-order valence-electron chi connectivity index (χ3n) is 2.57. The summed E-state index contributed by atoms with van der Waals surface area (Å²) in [6.07, 6.45) is 3.35. The molecule has 5 heteroatoms. The molecule has 2 heterocycles. The van der Waals surface area contributed by atoms with Crippen molar-refractivity contribution in [2.24, 2.45) is 0 Å². The molecule has 1 saturated carbocycles. The summed E-state index contributed by atoms with van der Waals surface area (Å²) in [5, 5.41) is 15.9. The fraction of sp³-hybridized carbons (Fsp3) is 0.500. The van der Waals surface area contributed by atoms with Crippen molar-refractivity contribution in [3.05, 3.63) is 18.0 Å². The van der Waals surface area contributed by atoms with Crippen LogP contribution in [0.3, 0.4) is 0 Å². The second kappa shape index (κ2) is 3.18. The average Bonchev–Trinajstić information content (AvgIpc) is 2.97. The normalized spacial score (nSPS) is 15.8. The van der Waals surface area contributed by atoms with Gasteiger partial charge in [-0.15, -0.1) is 15.3 Å². The molecular weight excluding hydrogens is 190 g/mol. The van der Waals surface area contributed by atoms with Crippen molar-refractivity contribution < 1.29 is 0 Å². The number of nitrogens with zero attached hydrogens (tertiary/aromatic N) is 4. The zero-order valence-corrected chi connectivity index (χ0v) is 8.64. The van der Waals surface area contributed by atoms with Gasteiger partial charge >= 0.3 is 0 Å². The van der Waals surface area contributed by atoms with Gasteiger partial charge in [-0.1, -0.05) is 6.92 Å². The van der Waals surface area contributed by atoms with Crippen molar-refractivity contribution in [3.63, 3.8) is 0 Å². The van der Waals surface area contributed by atoms with E-state index >= 15 is 0 Å². The first-order valence-electron chi connectivity index (χ1n) is 5.34. The van der Waals surface area contributed by atoms with Crippen molar-refractivity contribution in [3.8, 4) is 0 Å². The highest BCUT2D eigenvalue weighted by molar-refractivity contribution is 5.44. The molecule has 15 heavy (non-hydrogen) atoms. The molecule has 2 aromatic heterocycles. The molecule has 2 aromatic rings. The van der Waals surface area contributed by atoms with Gasteiger partial charge in [-0.25, -0.2) is 0 Å². The zero-order chi connectivity index (χ0) is 10.3. The molecule has 1 aliphatic carbocycles. The van der Waals surface area contributed by atoms with Crippen LogP contribution in [0.5, 0.6) is 0 Å². The maximum Gasteiger partial charge on any atom is 0.178 e. The summed E-state index contributed by atoms with van der Waals surface area (Å²) in [6.45, 7) is 2.05. The van der Waals surface area contributed by atoms with Crippen LogP contribution in [0.4, 0.5) is 5.82 Å². The summed E-state index contributed by atoms with van der Waals surface area (Å²) in [5.41, 5.74) is 0.813. The molecule has 78 valence electrons. The minimum atomic E-state index is 0.622. The molecule has 0 aliphatic heterocycles. The van der Waals surface area contributed by atoms with Crippen molar-refractivity contribution in [1.29, 1.82) is 0 Å². The van der Waals surface area contributed by atoms with Gasteiger partial charge in [-0.2, -0.15) is 4.52 Å². The maximum atomic E-state index is 4.47. The second-order valence-electron chi connectivity index (χ2n) is 3.88. The van der Waals surface area contributed by atoms with E-state index in [1.54, 1.807) is 0 Å². The predicted molar refractivity (Wildman–Crippen MR) is 56.8 cm³/mol. The van der Waals surface area contributed by atoms with Gasteiger partial charge in [0.25, 0.3) is 0 Å². The third kappa shape index (κ3) is 1.54. The van der Waals surface area contributed by atoms with Gasteiger partial charge in [0.1, 0.15) is 5.82 Å². The molecule has 0 bridgehead atoms. The smallest absolute Gasteiger partial charge is 0.178 e. The molecule has 0 radical (unpaired) electrons. The Balaban J connectivity index is 2.01. The van der Waals surface area contributed by atoms with E-state index in [2.05, 4.69) is 27.5 Å². The lowest BCUT2D eigenvalue weighted by Gasteiger charge is -2.03. The highest BCUT2D eigenvalue weighted by atomic mass is 15.4. The van der Waals surface area contributed by atoms with Gasteiger partial charge in [-0.3, -0.25) is 0 Å². The molecule has 0 unspecified atom stereocenters. The molecule has 1 N–H and O–H groups in total. The van der Waals surface area contributed by atoms with Gasteiger partial charge in [0.15, 0.2) is 11.5 Å². The van der Waals surface area contributed by atoms with E-state index in [-0.39, 0.29) is 0 Å². The van der Waals surface area contributed by atoms with Crippen LogP contribution in [0.1, 0.15) is 25.6 Å². The van der Waals surface area contributed by atoms with E-state index in [0.717, 1.165) is 23.7 Å². The van der Waals surface area contributed by atoms with Crippen LogP contribution in [0.2, 0.25) is 0 Å². The highest BCUT2D eigenvalue weighted by Gasteiger charge is 2.21. The summed E-state index contributed by atoms with van der Waals surface area (Å²) in [7, 11) is 0. The van der Waals surface area contributed by atoms with Crippen LogP contribution >= 0.6 is 0 Å². The summed E-state index contributed by atoms with van der Waals surface area (Å²) in [4.78, 5) is 0. The second-order valence-corrected chi connectivity index (χ2v) is 3.88. The Morgan fingerprint density at radius 2 is 2.27 bits per heavy atom. The molecule has 1 aliphatic rings. The summed E-state index contributed by atoms with van der Waals surface area (Å²) in [6, 6.07) is 4.53. The van der Waals surface area contributed by atoms with Gasteiger partial charge in [0.05, 0.1) is 0 Å². The molecular formula is C10H13N5. The van der Waals surface area contributed by atoms with Gasteiger partial charge in [-0.05, 0) is 25.0 Å². The highest BCUT2D eigenvalue weighted by Crippen LogP contribution is 2.23. The van der Waals surface area contributed by atoms with E-state index in [1.165, 1.54) is 12.8 Å². The van der Waals surface area contributed by atoms with E-state index in [9.17, 15) is 0 Å². The molecule has 0 aromatic carbocycles. The fourth-order valence-electron chi connectivity index (χ4n) is 1.57. The van der Waals surface area contributed by atoms with E-state index in [0.29, 0.717) is 6.04 Å². The lowest BCUT2D eigenvalue weighted by atomic mass is 10.4. The third-order valence-corrected chi connectivity index (χ3v) is 2.57. The predicted octanol–water partition coefficient (Wildman–Crippen LogP) is 1.26. The largest absolute Gasteiger partial charge is 0.366 e. The SMILES string of the molecule is CCc1nnc2ccc(NC3CC3)nn12. The van der Waals surface area contributed by atoms with Gasteiger partial charge in [0.2, 0.25) is 0 Å². The molecule has 0 saturated heterocycles. The molecule has 0 spiro atoms. The Kier molecular flexibility index (Phi) is 1.83. The van der Waals surface area contributed by atoms with Crippen LogP contribution in [0.15, 0.2) is 12.1 Å². The Morgan fingerprint density at radius 3 is 3.00 bits per heavy atom. The topological polar surface area (TPSA) is 55.1 Å². The number of anilines is 1. The summed E-state index contributed by atoms with van der Waals surface area (Å²) in [5.74, 6) is 1.82. The number of hydrogen-bond donors (Lipinski definition) is 1. The Morgan fingerprint density at radius 1 is 1.40 bits per heavy atom. The Bertz CT molecular complexity index is 486. The van der Waals surface area contributed by atoms with Crippen LogP contribution in [0.25, 0.3) is 5.65 Å². The monoisotopic (exact) mass is 203 g/mol. The number of aryl methyl sites for hydroxylation is 1. The van der Waals surface area contributed by atoms with Crippen LogP contribution < -0.4 is 5.32 Å². The van der Waals surface area contributed by atoms with E-state index < -0.39 is 0 Å². The van der Waals surface area contributed by atoms with E-state index in [4.69, 9.17) is 0 Å². The summed E-state index contributed by atoms with van der Waals surface area (Å²) < 4.78 is 1.81. The van der Waals surface area contributed by atoms with Crippen molar-refractivity contribution in [1.82, 2.24) is 19.8 Å². The first-order chi connectivity index (χ1) is 7.36. The number of nitrogens with one attached hydrogen (secondary N) is 1. The maximum absolute atomic E-state index is 4.47. The number of aromatic nitrogens is 4. The summed E-state index contributed by atoms with van der Waals surface area (Å²) >= 11 is 0. The Labute approximate surface area is 87.5 Å². The van der Waals surface area contributed by atoms with Crippen LogP contribution in [-0.2, 0) is 6.42 Å². The van der Waals surface area contributed by atoms with Gasteiger partial charge in [0, 0.05) is 12.5 Å². The van der Waals surface area contributed by atoms with Crippen molar-refractivity contribution in [2.75, 3.05) is 5.32 Å². The zero-order valence-electron chi connectivity index (χ0n) is 8.64. The molecule has 5 nitrogen and oxygen atoms in total. The van der Waals surface area contributed by atoms with Gasteiger partial charge < -0.3 is 5.32 Å². The van der Waals surface area contributed by atoms with E-state index in [1.807, 2.05) is 16.6 Å². The van der Waals surface area contributed by atoms with Crippen molar-refractivity contribution in [2.45, 2.75) is 32.2 Å². The number of rotatable bonds is 3. The minimum Gasteiger partial charge on any atom is -0.366 e. The minimum absolute atomic E-state index is 0.622. The lowest BCUT2D eigenvalue weighted by Crippen LogP contribution is -2.06. The molecule has 3 rings (SSSR count). The first kappa shape index (κ1) is 8.64. The molecule has 0 atom stereocenters. The lowest BCUT2D eigenvalue weighted by molar-refractivity contribution is 0.822. The number of hydrogen-bond acceptors (Lipinski definition) is 4. The average molecular weight is 203 g/mol. The first-order valence-corrected chi connectivity index (χ1v) is 5.34. The fourth-order valence-corrected chi connectivity index (χ4v) is 1.57.